The Hall–Kier alpha value is -2.20. The van der Waals surface area contributed by atoms with E-state index in [1.165, 1.54) is 22.4 Å². The van der Waals surface area contributed by atoms with Crippen molar-refractivity contribution in [3.05, 3.63) is 57.0 Å². The van der Waals surface area contributed by atoms with Crippen LogP contribution in [-0.4, -0.2) is 57.6 Å². The van der Waals surface area contributed by atoms with Gasteiger partial charge in [-0.2, -0.15) is 0 Å². The molecule has 0 bridgehead atoms. The molecule has 2 rings (SSSR count). The molecule has 0 aliphatic carbocycles. The highest BCUT2D eigenvalue weighted by Crippen LogP contribution is 2.31. The van der Waals surface area contributed by atoms with Crippen LogP contribution in [0.1, 0.15) is 39.2 Å². The molecule has 2 aromatic rings. The van der Waals surface area contributed by atoms with Crippen molar-refractivity contribution in [2.24, 2.45) is 5.92 Å². The van der Waals surface area contributed by atoms with E-state index in [9.17, 15) is 18.0 Å². The Morgan fingerprint density at radius 1 is 1.03 bits per heavy atom. The molecule has 0 aliphatic rings. The second-order valence-electron chi connectivity index (χ2n) is 9.29. The predicted molar refractivity (Wildman–Crippen MR) is 154 cm³/mol. The molecule has 1 N–H and O–H groups in total. The molecule has 1 atom stereocenters. The van der Waals surface area contributed by atoms with Crippen molar-refractivity contribution >= 4 is 62.3 Å². The number of carbonyl (C=O) groups is 2. The summed E-state index contributed by atoms with van der Waals surface area (Å²) in [5.74, 6) is 0.00894. The van der Waals surface area contributed by atoms with Crippen molar-refractivity contribution in [2.45, 2.75) is 46.2 Å². The van der Waals surface area contributed by atoms with Crippen molar-refractivity contribution in [3.63, 3.8) is 0 Å². The first kappa shape index (κ1) is 32.0. The van der Waals surface area contributed by atoms with Crippen molar-refractivity contribution < 1.29 is 22.7 Å². The molecule has 8 nitrogen and oxygen atoms in total. The summed E-state index contributed by atoms with van der Waals surface area (Å²) in [5, 5.41) is 3.87. The van der Waals surface area contributed by atoms with Gasteiger partial charge in [-0.25, -0.2) is 8.42 Å². The first-order valence-corrected chi connectivity index (χ1v) is 15.1. The Morgan fingerprint density at radius 2 is 1.66 bits per heavy atom. The molecule has 0 aromatic heterocycles. The molecule has 0 spiro atoms. The van der Waals surface area contributed by atoms with E-state index >= 15 is 0 Å². The Morgan fingerprint density at radius 3 is 2.18 bits per heavy atom. The van der Waals surface area contributed by atoms with Gasteiger partial charge in [0.25, 0.3) is 0 Å². The van der Waals surface area contributed by atoms with E-state index < -0.39 is 16.1 Å². The minimum Gasteiger partial charge on any atom is -0.495 e. The normalized spacial score (nSPS) is 12.2. The molecule has 2 aromatic carbocycles. The molecule has 0 saturated carbocycles. The third kappa shape index (κ3) is 8.93. The van der Waals surface area contributed by atoms with E-state index in [0.29, 0.717) is 33.6 Å². The maximum atomic E-state index is 13.4. The number of nitrogens with zero attached hydrogens (tertiary/aromatic N) is 2. The minimum absolute atomic E-state index is 0.0141. The fourth-order valence-electron chi connectivity index (χ4n) is 3.70. The highest BCUT2D eigenvalue weighted by Gasteiger charge is 2.28. The number of ether oxygens (including phenoxy) is 1. The Kier molecular flexibility index (Phi) is 12.0. The maximum absolute atomic E-state index is 13.4. The van der Waals surface area contributed by atoms with Gasteiger partial charge in [0.15, 0.2) is 0 Å². The molecule has 210 valence electrons. The molecule has 0 heterocycles. The average Bonchev–Trinajstić information content (AvgIpc) is 2.83. The highest BCUT2D eigenvalue weighted by molar-refractivity contribution is 7.92. The van der Waals surface area contributed by atoms with E-state index in [-0.39, 0.29) is 48.7 Å². The number of methoxy groups -OCH3 is 1. The van der Waals surface area contributed by atoms with Crippen LogP contribution in [0.3, 0.4) is 0 Å². The summed E-state index contributed by atoms with van der Waals surface area (Å²) in [7, 11) is -2.20. The first-order chi connectivity index (χ1) is 17.8. The predicted octanol–water partition coefficient (Wildman–Crippen LogP) is 5.39. The monoisotopic (exact) mass is 605 g/mol. The standard InChI is InChI=1S/C26H34Cl3N3O5S/c1-17(2)15-30-26(34)18(3)31(16-20-21(27)8-6-9-22(20)28)25(33)10-7-13-32(38(5,35)36)19-11-12-24(37-4)23(29)14-19/h6,8-9,11-12,14,17-18H,7,10,13,15-16H2,1-5H3,(H,30,34)/t18-/m1/s1. The fourth-order valence-corrected chi connectivity index (χ4v) is 5.43. The summed E-state index contributed by atoms with van der Waals surface area (Å²) in [6.45, 7) is 6.10. The lowest BCUT2D eigenvalue weighted by atomic mass is 10.1. The Labute approximate surface area is 240 Å². The lowest BCUT2D eigenvalue weighted by Gasteiger charge is -2.30. The number of amides is 2. The van der Waals surface area contributed by atoms with Crippen LogP contribution in [0.15, 0.2) is 36.4 Å². The van der Waals surface area contributed by atoms with Gasteiger partial charge in [-0.1, -0.05) is 54.7 Å². The van der Waals surface area contributed by atoms with E-state index in [1.54, 1.807) is 37.3 Å². The topological polar surface area (TPSA) is 96.0 Å². The molecule has 12 heteroatoms. The van der Waals surface area contributed by atoms with Crippen LogP contribution in [0.5, 0.6) is 5.75 Å². The summed E-state index contributed by atoms with van der Waals surface area (Å²) >= 11 is 18.9. The molecule has 0 unspecified atom stereocenters. The number of sulfonamides is 1. The number of hydrogen-bond donors (Lipinski definition) is 1. The van der Waals surface area contributed by atoms with Crippen LogP contribution in [-0.2, 0) is 26.2 Å². The number of nitrogens with one attached hydrogen (secondary N) is 1. The Bertz CT molecular complexity index is 1220. The van der Waals surface area contributed by atoms with Crippen molar-refractivity contribution in [2.75, 3.05) is 30.8 Å². The van der Waals surface area contributed by atoms with Crippen molar-refractivity contribution in [1.29, 1.82) is 0 Å². The molecule has 0 fully saturated rings. The van der Waals surface area contributed by atoms with Crippen LogP contribution in [0.4, 0.5) is 5.69 Å². The van der Waals surface area contributed by atoms with E-state index in [1.807, 2.05) is 13.8 Å². The smallest absolute Gasteiger partial charge is 0.242 e. The van der Waals surface area contributed by atoms with Crippen molar-refractivity contribution in [1.82, 2.24) is 10.2 Å². The number of hydrogen-bond acceptors (Lipinski definition) is 5. The molecular formula is C26H34Cl3N3O5S. The van der Waals surface area contributed by atoms with E-state index in [0.717, 1.165) is 6.26 Å². The quantitative estimate of drug-likeness (QED) is 0.330. The van der Waals surface area contributed by atoms with Gasteiger partial charge in [0.05, 0.1) is 24.1 Å². The lowest BCUT2D eigenvalue weighted by Crippen LogP contribution is -2.48. The zero-order valence-corrected chi connectivity index (χ0v) is 25.2. The van der Waals surface area contributed by atoms with Gasteiger partial charge in [0.2, 0.25) is 21.8 Å². The summed E-state index contributed by atoms with van der Waals surface area (Å²) in [5.41, 5.74) is 0.880. The SMILES string of the molecule is COc1ccc(N(CCCC(=O)N(Cc2c(Cl)cccc2Cl)[C@H](C)C(=O)NCC(C)C)S(C)(=O)=O)cc1Cl. The molecule has 0 saturated heterocycles. The van der Waals surface area contributed by atoms with Gasteiger partial charge in [0.1, 0.15) is 11.8 Å². The van der Waals surface area contributed by atoms with E-state index in [4.69, 9.17) is 39.5 Å². The minimum atomic E-state index is -3.67. The molecule has 2 amide bonds. The number of anilines is 1. The van der Waals surface area contributed by atoms with Gasteiger partial charge < -0.3 is 15.0 Å². The summed E-state index contributed by atoms with van der Waals surface area (Å²) in [6.07, 6.45) is 1.27. The van der Waals surface area contributed by atoms with Gasteiger partial charge in [-0.3, -0.25) is 13.9 Å². The van der Waals surface area contributed by atoms with Gasteiger partial charge in [-0.05, 0) is 49.6 Å². The largest absolute Gasteiger partial charge is 0.495 e. The Balaban J connectivity index is 2.24. The molecule has 0 radical (unpaired) electrons. The number of halogens is 3. The zero-order valence-electron chi connectivity index (χ0n) is 22.1. The van der Waals surface area contributed by atoms with E-state index in [2.05, 4.69) is 5.32 Å². The molecular weight excluding hydrogens is 573 g/mol. The molecule has 38 heavy (non-hydrogen) atoms. The fraction of sp³-hybridized carbons (Fsp3) is 0.462. The van der Waals surface area contributed by atoms with Gasteiger partial charge >= 0.3 is 0 Å². The van der Waals surface area contributed by atoms with Crippen LogP contribution >= 0.6 is 34.8 Å². The van der Waals surface area contributed by atoms with Gasteiger partial charge in [0, 0.05) is 41.7 Å². The second-order valence-corrected chi connectivity index (χ2v) is 12.4. The third-order valence-corrected chi connectivity index (χ3v) is 8.02. The highest BCUT2D eigenvalue weighted by atomic mass is 35.5. The summed E-state index contributed by atoms with van der Waals surface area (Å²) < 4.78 is 31.4. The van der Waals surface area contributed by atoms with Crippen LogP contribution in [0.25, 0.3) is 0 Å². The number of carbonyl (C=O) groups excluding carboxylic acids is 2. The van der Waals surface area contributed by atoms with Crippen LogP contribution < -0.4 is 14.4 Å². The zero-order chi connectivity index (χ0) is 28.6. The second kappa shape index (κ2) is 14.3. The number of benzene rings is 2. The van der Waals surface area contributed by atoms with Gasteiger partial charge in [-0.15, -0.1) is 0 Å². The van der Waals surface area contributed by atoms with Crippen molar-refractivity contribution in [3.8, 4) is 5.75 Å². The van der Waals surface area contributed by atoms with Crippen LogP contribution in [0.2, 0.25) is 15.1 Å². The first-order valence-electron chi connectivity index (χ1n) is 12.1. The van der Waals surface area contributed by atoms with Crippen LogP contribution in [0, 0.1) is 5.92 Å². The third-order valence-electron chi connectivity index (χ3n) is 5.82. The average molecular weight is 607 g/mol. The number of rotatable bonds is 13. The maximum Gasteiger partial charge on any atom is 0.242 e. The summed E-state index contributed by atoms with van der Waals surface area (Å²) in [4.78, 5) is 27.7. The molecule has 0 aliphatic heterocycles. The lowest BCUT2D eigenvalue weighted by molar-refractivity contribution is -0.140. The summed E-state index contributed by atoms with van der Waals surface area (Å²) in [6, 6.07) is 8.88.